The van der Waals surface area contributed by atoms with E-state index in [-0.39, 0.29) is 5.60 Å². The molecule has 0 aliphatic carbocycles. The highest BCUT2D eigenvalue weighted by Gasteiger charge is 2.33. The fourth-order valence-electron chi connectivity index (χ4n) is 6.52. The third kappa shape index (κ3) is 16.3. The Labute approximate surface area is 279 Å². The molecule has 6 heteroatoms. The van der Waals surface area contributed by atoms with Crippen LogP contribution in [-0.4, -0.2) is 30.6 Å². The minimum Gasteiger partial charge on any atom is -0.544 e. The summed E-state index contributed by atoms with van der Waals surface area (Å²) in [7, 11) is -5.30. The first-order valence-electron chi connectivity index (χ1n) is 18.1. The van der Waals surface area contributed by atoms with Gasteiger partial charge in [-0.25, -0.2) is 0 Å². The smallest absolute Gasteiger partial charge is 0.242 e. The number of hydrogen-bond acceptors (Lipinski definition) is 3. The Morgan fingerprint density at radius 3 is 1.43 bits per heavy atom. The van der Waals surface area contributed by atoms with Crippen LogP contribution in [0.5, 0.6) is 11.5 Å². The first-order valence-corrected chi connectivity index (χ1v) is 28.4. The lowest BCUT2D eigenvalue weighted by Crippen LogP contribution is -2.41. The Morgan fingerprint density at radius 1 is 0.545 bits per heavy atom. The van der Waals surface area contributed by atoms with Crippen LogP contribution in [-0.2, 0) is 10.8 Å². The maximum absolute atomic E-state index is 7.02. The highest BCUT2D eigenvalue weighted by molar-refractivity contribution is 6.71. The zero-order valence-corrected chi connectivity index (χ0v) is 35.7. The number of hydrogen-bond donors (Lipinski definition) is 0. The van der Waals surface area contributed by atoms with Gasteiger partial charge in [0.1, 0.15) is 11.5 Å². The molecule has 3 atom stereocenters. The molecule has 0 N–H and O–H groups in total. The van der Waals surface area contributed by atoms with E-state index in [1.54, 1.807) is 0 Å². The average Bonchev–Trinajstić information content (AvgIpc) is 2.82. The molecule has 0 saturated carbocycles. The van der Waals surface area contributed by atoms with Gasteiger partial charge in [0, 0.05) is 0 Å². The maximum Gasteiger partial charge on any atom is 0.242 e. The molecule has 3 unspecified atom stereocenters. The second-order valence-electron chi connectivity index (χ2n) is 18.0. The van der Waals surface area contributed by atoms with Crippen molar-refractivity contribution in [2.24, 2.45) is 17.8 Å². The van der Waals surface area contributed by atoms with Gasteiger partial charge < -0.3 is 13.3 Å². The lowest BCUT2D eigenvalue weighted by molar-refractivity contribution is 0.0578. The third-order valence-electron chi connectivity index (χ3n) is 8.86. The molecule has 1 aromatic rings. The fourth-order valence-corrected chi connectivity index (χ4v) is 10.0. The second kappa shape index (κ2) is 17.5. The van der Waals surface area contributed by atoms with Crippen LogP contribution in [0.3, 0.4) is 0 Å². The van der Waals surface area contributed by atoms with Crippen molar-refractivity contribution in [2.75, 3.05) is 0 Å². The molecular weight excluding hydrogens is 589 g/mol. The molecule has 0 heterocycles. The summed E-state index contributed by atoms with van der Waals surface area (Å²) in [5.74, 6) is 4.70. The summed E-state index contributed by atoms with van der Waals surface area (Å²) >= 11 is 0. The Morgan fingerprint density at radius 2 is 0.977 bits per heavy atom. The van der Waals surface area contributed by atoms with Crippen LogP contribution >= 0.6 is 0 Å². The van der Waals surface area contributed by atoms with Crippen LogP contribution in [0, 0.1) is 38.5 Å². The summed E-state index contributed by atoms with van der Waals surface area (Å²) in [6.45, 7) is 39.5. The molecule has 0 radical (unpaired) electrons. The van der Waals surface area contributed by atoms with Crippen LogP contribution in [0.2, 0.25) is 58.9 Å². The summed E-state index contributed by atoms with van der Waals surface area (Å²) in [5.41, 5.74) is 4.96. The molecule has 0 amide bonds. The van der Waals surface area contributed by atoms with Gasteiger partial charge in [0.05, 0.1) is 5.60 Å². The van der Waals surface area contributed by atoms with E-state index in [0.29, 0.717) is 0 Å². The van der Waals surface area contributed by atoms with Gasteiger partial charge >= 0.3 is 0 Å². The van der Waals surface area contributed by atoms with Gasteiger partial charge in [-0.15, -0.1) is 0 Å². The van der Waals surface area contributed by atoms with Gasteiger partial charge in [0.15, 0.2) is 8.32 Å². The molecule has 3 nitrogen and oxygen atoms in total. The molecule has 0 aliphatic rings. The highest BCUT2D eigenvalue weighted by Crippen LogP contribution is 2.42. The fraction of sp³-hybridized carbons (Fsp3) is 0.842. The Bertz CT molecular complexity index is 1000. The van der Waals surface area contributed by atoms with Gasteiger partial charge in [-0.05, 0) is 146 Å². The Balaban J connectivity index is 3.05. The van der Waals surface area contributed by atoms with Gasteiger partial charge in [0.2, 0.25) is 16.6 Å². The molecular formula is C38H76O3Si3. The van der Waals surface area contributed by atoms with Crippen molar-refractivity contribution in [2.45, 2.75) is 191 Å². The van der Waals surface area contributed by atoms with Crippen LogP contribution in [0.25, 0.3) is 0 Å². The van der Waals surface area contributed by atoms with E-state index in [1.165, 1.54) is 73.6 Å². The average molecular weight is 665 g/mol. The van der Waals surface area contributed by atoms with Crippen LogP contribution in [0.15, 0.2) is 0 Å². The van der Waals surface area contributed by atoms with Gasteiger partial charge in [-0.3, -0.25) is 0 Å². The summed E-state index contributed by atoms with van der Waals surface area (Å²) in [4.78, 5) is 0. The van der Waals surface area contributed by atoms with Crippen molar-refractivity contribution in [1.29, 1.82) is 0 Å². The van der Waals surface area contributed by atoms with Crippen molar-refractivity contribution in [1.82, 2.24) is 0 Å². The Kier molecular flexibility index (Phi) is 16.5. The second-order valence-corrected chi connectivity index (χ2v) is 31.2. The molecule has 0 saturated heterocycles. The standard InChI is InChI=1S/C38H76O3Si3/c1-29(2)21-18-22-30(3)23-19-24-31(4)25-20-27-38(8,41-44(15,16)17)28-26-35-34(7)36(39-42(9,10)11)32(5)33(6)37(35)40-43(12,13)14/h29-31H,18-28H2,1-17H3. The molecule has 0 spiro atoms. The summed E-state index contributed by atoms with van der Waals surface area (Å²) in [5, 5.41) is 0. The maximum atomic E-state index is 7.02. The topological polar surface area (TPSA) is 27.7 Å². The molecule has 0 aromatic heterocycles. The highest BCUT2D eigenvalue weighted by atomic mass is 28.4. The lowest BCUT2D eigenvalue weighted by atomic mass is 9.86. The quantitative estimate of drug-likeness (QED) is 0.122. The van der Waals surface area contributed by atoms with Crippen molar-refractivity contribution < 1.29 is 13.3 Å². The molecule has 1 rings (SSSR count). The van der Waals surface area contributed by atoms with E-state index in [2.05, 4.69) is 114 Å². The van der Waals surface area contributed by atoms with E-state index in [4.69, 9.17) is 13.3 Å². The predicted octanol–water partition coefficient (Wildman–Crippen LogP) is 13.0. The largest absolute Gasteiger partial charge is 0.544 e. The van der Waals surface area contributed by atoms with E-state index in [9.17, 15) is 0 Å². The number of rotatable bonds is 21. The van der Waals surface area contributed by atoms with Crippen molar-refractivity contribution in [3.05, 3.63) is 22.3 Å². The Hall–Kier alpha value is -0.569. The summed E-state index contributed by atoms with van der Waals surface area (Å²) in [6.07, 6.45) is 13.9. The van der Waals surface area contributed by atoms with Crippen LogP contribution in [0.1, 0.15) is 121 Å². The van der Waals surface area contributed by atoms with E-state index >= 15 is 0 Å². The molecule has 0 fully saturated rings. The monoisotopic (exact) mass is 665 g/mol. The minimum absolute atomic E-state index is 0.128. The third-order valence-corrected chi connectivity index (χ3v) is 11.6. The van der Waals surface area contributed by atoms with Gasteiger partial charge in [0.25, 0.3) is 0 Å². The summed E-state index contributed by atoms with van der Waals surface area (Å²) in [6, 6.07) is 0. The van der Waals surface area contributed by atoms with Crippen molar-refractivity contribution in [3.63, 3.8) is 0 Å². The van der Waals surface area contributed by atoms with Gasteiger partial charge in [-0.2, -0.15) is 0 Å². The van der Waals surface area contributed by atoms with Crippen LogP contribution in [0.4, 0.5) is 0 Å². The van der Waals surface area contributed by atoms with E-state index in [0.717, 1.165) is 48.5 Å². The molecule has 0 bridgehead atoms. The van der Waals surface area contributed by atoms with Crippen molar-refractivity contribution >= 4 is 25.0 Å². The number of benzene rings is 1. The summed E-state index contributed by atoms with van der Waals surface area (Å²) < 4.78 is 20.6. The molecule has 1 aromatic carbocycles. The minimum atomic E-state index is -1.80. The lowest BCUT2D eigenvalue weighted by Gasteiger charge is -2.38. The predicted molar refractivity (Wildman–Crippen MR) is 204 cm³/mol. The molecule has 0 aliphatic heterocycles. The normalized spacial score (nSPS) is 15.8. The SMILES string of the molecule is Cc1c(C)c(O[Si](C)(C)C)c(CCC(C)(CCCC(C)CCCC(C)CCCC(C)C)O[Si](C)(C)C)c(C)c1O[Si](C)(C)C. The van der Waals surface area contributed by atoms with Crippen LogP contribution < -0.4 is 8.85 Å². The van der Waals surface area contributed by atoms with E-state index < -0.39 is 25.0 Å². The zero-order chi connectivity index (χ0) is 34.1. The first kappa shape index (κ1) is 41.5. The van der Waals surface area contributed by atoms with E-state index in [1.807, 2.05) is 0 Å². The molecule has 44 heavy (non-hydrogen) atoms. The van der Waals surface area contributed by atoms with Crippen molar-refractivity contribution in [3.8, 4) is 11.5 Å². The zero-order valence-electron chi connectivity index (χ0n) is 32.7. The first-order chi connectivity index (χ1) is 19.9. The van der Waals surface area contributed by atoms with Gasteiger partial charge in [-0.1, -0.05) is 79.1 Å². The molecule has 258 valence electrons.